The Morgan fingerprint density at radius 1 is 1.07 bits per heavy atom. The number of aryl methyl sites for hydroxylation is 1. The van der Waals surface area contributed by atoms with E-state index < -0.39 is 0 Å². The molecule has 6 heteroatoms. The van der Waals surface area contributed by atoms with Crippen molar-refractivity contribution in [2.24, 2.45) is 0 Å². The van der Waals surface area contributed by atoms with Crippen molar-refractivity contribution in [3.63, 3.8) is 0 Å². The Bertz CT molecular complexity index is 1200. The van der Waals surface area contributed by atoms with E-state index in [4.69, 9.17) is 9.72 Å². The molecule has 4 aromatic rings. The van der Waals surface area contributed by atoms with Gasteiger partial charge in [-0.25, -0.2) is 14.6 Å². The molecule has 0 amide bonds. The highest BCUT2D eigenvalue weighted by molar-refractivity contribution is 5.76. The van der Waals surface area contributed by atoms with Crippen LogP contribution in [0.15, 0.2) is 55.0 Å². The molecule has 0 saturated heterocycles. The van der Waals surface area contributed by atoms with Crippen molar-refractivity contribution in [3.05, 3.63) is 60.6 Å². The number of benzene rings is 2. The second kappa shape index (κ2) is 7.44. The summed E-state index contributed by atoms with van der Waals surface area (Å²) in [6.07, 6.45) is 4.64. The molecule has 0 unspecified atom stereocenters. The van der Waals surface area contributed by atoms with Crippen molar-refractivity contribution in [3.8, 4) is 39.8 Å². The summed E-state index contributed by atoms with van der Waals surface area (Å²) in [5.41, 5.74) is 5.61. The molecular weight excluding hydrogens is 374 g/mol. The number of hydrogen-bond acceptors (Lipinski definition) is 4. The van der Waals surface area contributed by atoms with Crippen LogP contribution in [-0.2, 0) is 13.0 Å². The molecule has 0 aliphatic carbocycles. The maximum absolute atomic E-state index is 6.12. The number of nitrogens with zero attached hydrogens (tertiary/aromatic N) is 5. The maximum atomic E-state index is 6.12. The Labute approximate surface area is 176 Å². The van der Waals surface area contributed by atoms with E-state index in [1.54, 1.807) is 6.33 Å². The van der Waals surface area contributed by atoms with Crippen LogP contribution in [0.3, 0.4) is 0 Å². The lowest BCUT2D eigenvalue weighted by Gasteiger charge is -2.12. The number of hydrogen-bond donors (Lipinski definition) is 0. The summed E-state index contributed by atoms with van der Waals surface area (Å²) in [4.78, 5) is 9.38. The predicted octanol–water partition coefficient (Wildman–Crippen LogP) is 5.01. The lowest BCUT2D eigenvalue weighted by atomic mass is 9.97. The SMILES string of the molecule is CCc1ccccc1-c1ccc2c(c1)OCCn1cc(-c3ncnn3C(C)C)nc1-2. The van der Waals surface area contributed by atoms with Crippen LogP contribution in [0.2, 0.25) is 0 Å². The highest BCUT2D eigenvalue weighted by Gasteiger charge is 2.22. The standard InChI is InChI=1S/C24H25N5O/c1-4-17-7-5-6-8-19(17)18-9-10-20-22(13-18)30-12-11-28-14-21(27-23(20)28)24-25-15-26-29(24)16(2)3/h5-10,13-16H,4,11-12H2,1-3H3. The Kier molecular flexibility index (Phi) is 4.62. The van der Waals surface area contributed by atoms with Gasteiger partial charge in [0, 0.05) is 12.2 Å². The van der Waals surface area contributed by atoms with Crippen LogP contribution < -0.4 is 4.74 Å². The summed E-state index contributed by atoms with van der Waals surface area (Å²) in [5, 5.41) is 4.35. The number of aromatic nitrogens is 5. The molecule has 5 rings (SSSR count). The third kappa shape index (κ3) is 3.09. The van der Waals surface area contributed by atoms with E-state index in [-0.39, 0.29) is 6.04 Å². The number of ether oxygens (including phenoxy) is 1. The second-order valence-electron chi connectivity index (χ2n) is 7.84. The molecule has 0 fully saturated rings. The van der Waals surface area contributed by atoms with E-state index in [9.17, 15) is 0 Å². The van der Waals surface area contributed by atoms with Gasteiger partial charge in [-0.2, -0.15) is 5.10 Å². The van der Waals surface area contributed by atoms with E-state index in [0.29, 0.717) is 6.61 Å². The summed E-state index contributed by atoms with van der Waals surface area (Å²) in [7, 11) is 0. The molecule has 0 saturated carbocycles. The van der Waals surface area contributed by atoms with Crippen LogP contribution in [0, 0.1) is 0 Å². The van der Waals surface area contributed by atoms with Gasteiger partial charge in [0.15, 0.2) is 5.82 Å². The van der Waals surface area contributed by atoms with Gasteiger partial charge in [0.05, 0.1) is 12.1 Å². The average Bonchev–Trinajstić information content (AvgIpc) is 3.38. The molecule has 0 N–H and O–H groups in total. The lowest BCUT2D eigenvalue weighted by molar-refractivity contribution is 0.307. The molecule has 0 spiro atoms. The molecule has 3 heterocycles. The summed E-state index contributed by atoms with van der Waals surface area (Å²) in [6.45, 7) is 7.72. The number of fused-ring (bicyclic) bond motifs is 3. The van der Waals surface area contributed by atoms with Crippen molar-refractivity contribution in [2.45, 2.75) is 39.8 Å². The van der Waals surface area contributed by atoms with Gasteiger partial charge >= 0.3 is 0 Å². The Hall–Kier alpha value is -3.41. The Morgan fingerprint density at radius 3 is 2.77 bits per heavy atom. The van der Waals surface area contributed by atoms with Crippen molar-refractivity contribution < 1.29 is 4.74 Å². The van der Waals surface area contributed by atoms with Gasteiger partial charge in [-0.05, 0) is 49.1 Å². The van der Waals surface area contributed by atoms with E-state index in [0.717, 1.165) is 41.6 Å². The first-order valence-electron chi connectivity index (χ1n) is 10.5. The molecule has 1 aliphatic heterocycles. The zero-order valence-electron chi connectivity index (χ0n) is 17.5. The maximum Gasteiger partial charge on any atom is 0.178 e. The Morgan fingerprint density at radius 2 is 1.93 bits per heavy atom. The first kappa shape index (κ1) is 18.6. The molecule has 0 atom stereocenters. The number of imidazole rings is 1. The molecule has 0 bridgehead atoms. The van der Waals surface area contributed by atoms with Crippen molar-refractivity contribution in [1.82, 2.24) is 24.3 Å². The monoisotopic (exact) mass is 399 g/mol. The first-order valence-corrected chi connectivity index (χ1v) is 10.5. The Balaban J connectivity index is 1.59. The third-order valence-corrected chi connectivity index (χ3v) is 5.59. The molecule has 2 aromatic carbocycles. The summed E-state index contributed by atoms with van der Waals surface area (Å²) in [6, 6.07) is 15.2. The summed E-state index contributed by atoms with van der Waals surface area (Å²) >= 11 is 0. The fourth-order valence-corrected chi connectivity index (χ4v) is 4.08. The van der Waals surface area contributed by atoms with E-state index >= 15 is 0 Å². The van der Waals surface area contributed by atoms with Gasteiger partial charge in [-0.1, -0.05) is 37.3 Å². The molecule has 0 radical (unpaired) electrons. The van der Waals surface area contributed by atoms with Crippen LogP contribution in [0.1, 0.15) is 32.4 Å². The number of rotatable bonds is 4. The fourth-order valence-electron chi connectivity index (χ4n) is 4.08. The van der Waals surface area contributed by atoms with Gasteiger partial charge < -0.3 is 9.30 Å². The van der Waals surface area contributed by atoms with Crippen molar-refractivity contribution in [1.29, 1.82) is 0 Å². The van der Waals surface area contributed by atoms with E-state index in [2.05, 4.69) is 84.1 Å². The normalized spacial score (nSPS) is 12.9. The van der Waals surface area contributed by atoms with Crippen molar-refractivity contribution >= 4 is 0 Å². The van der Waals surface area contributed by atoms with E-state index in [1.165, 1.54) is 16.7 Å². The minimum atomic E-state index is 0.223. The smallest absolute Gasteiger partial charge is 0.178 e. The van der Waals surface area contributed by atoms with Crippen LogP contribution in [0.5, 0.6) is 5.75 Å². The highest BCUT2D eigenvalue weighted by atomic mass is 16.5. The average molecular weight is 399 g/mol. The summed E-state index contributed by atoms with van der Waals surface area (Å²) < 4.78 is 10.2. The van der Waals surface area contributed by atoms with Gasteiger partial charge in [-0.15, -0.1) is 0 Å². The van der Waals surface area contributed by atoms with Gasteiger partial charge in [0.1, 0.15) is 30.2 Å². The quantitative estimate of drug-likeness (QED) is 0.484. The first-order chi connectivity index (χ1) is 14.7. The van der Waals surface area contributed by atoms with Gasteiger partial charge in [0.2, 0.25) is 0 Å². The van der Waals surface area contributed by atoms with Crippen LogP contribution in [0.4, 0.5) is 0 Å². The third-order valence-electron chi connectivity index (χ3n) is 5.59. The molecule has 152 valence electrons. The van der Waals surface area contributed by atoms with Crippen LogP contribution >= 0.6 is 0 Å². The predicted molar refractivity (Wildman–Crippen MR) is 117 cm³/mol. The van der Waals surface area contributed by atoms with Crippen molar-refractivity contribution in [2.75, 3.05) is 6.61 Å². The molecular formula is C24H25N5O. The minimum Gasteiger partial charge on any atom is -0.491 e. The second-order valence-corrected chi connectivity index (χ2v) is 7.84. The van der Waals surface area contributed by atoms with Crippen LogP contribution in [0.25, 0.3) is 34.0 Å². The molecule has 30 heavy (non-hydrogen) atoms. The molecule has 6 nitrogen and oxygen atoms in total. The minimum absolute atomic E-state index is 0.223. The largest absolute Gasteiger partial charge is 0.491 e. The fraction of sp³-hybridized carbons (Fsp3) is 0.292. The zero-order valence-corrected chi connectivity index (χ0v) is 17.5. The van der Waals surface area contributed by atoms with Gasteiger partial charge in [0.25, 0.3) is 0 Å². The molecule has 1 aliphatic rings. The molecule has 2 aromatic heterocycles. The van der Waals surface area contributed by atoms with E-state index in [1.807, 2.05) is 4.68 Å². The summed E-state index contributed by atoms with van der Waals surface area (Å²) in [5.74, 6) is 2.58. The van der Waals surface area contributed by atoms with Crippen LogP contribution in [-0.4, -0.2) is 30.9 Å². The highest BCUT2D eigenvalue weighted by Crippen LogP contribution is 2.37. The lowest BCUT2D eigenvalue weighted by Crippen LogP contribution is -2.06. The zero-order chi connectivity index (χ0) is 20.7. The topological polar surface area (TPSA) is 57.8 Å². The van der Waals surface area contributed by atoms with Gasteiger partial charge in [-0.3, -0.25) is 0 Å².